The smallest absolute Gasteiger partial charge is 0.0161 e. The molecule has 1 heterocycles. The highest BCUT2D eigenvalue weighted by Crippen LogP contribution is 2.38. The van der Waals surface area contributed by atoms with Crippen LogP contribution >= 0.6 is 0 Å². The van der Waals surface area contributed by atoms with E-state index in [1.54, 1.807) is 0 Å². The summed E-state index contributed by atoms with van der Waals surface area (Å²) in [5, 5.41) is 3.57. The minimum Gasteiger partial charge on any atom is -0.313 e. The summed E-state index contributed by atoms with van der Waals surface area (Å²) >= 11 is 0. The Morgan fingerprint density at radius 1 is 1.42 bits per heavy atom. The molecule has 0 aromatic carbocycles. The van der Waals surface area contributed by atoms with Crippen LogP contribution in [0.3, 0.4) is 0 Å². The maximum absolute atomic E-state index is 3.57. The van der Waals surface area contributed by atoms with Gasteiger partial charge in [-0.15, -0.1) is 0 Å². The second kappa shape index (κ2) is 3.37. The Kier molecular flexibility index (Phi) is 2.82. The van der Waals surface area contributed by atoms with E-state index < -0.39 is 0 Å². The van der Waals surface area contributed by atoms with Crippen LogP contribution in [0.2, 0.25) is 0 Å². The van der Waals surface area contributed by atoms with Crippen LogP contribution in [-0.4, -0.2) is 12.6 Å². The molecule has 1 rings (SSSR count). The van der Waals surface area contributed by atoms with Crippen molar-refractivity contribution in [3.63, 3.8) is 0 Å². The van der Waals surface area contributed by atoms with E-state index in [0.717, 1.165) is 17.9 Å². The van der Waals surface area contributed by atoms with Crippen LogP contribution in [0.4, 0.5) is 0 Å². The van der Waals surface area contributed by atoms with Gasteiger partial charge < -0.3 is 5.32 Å². The van der Waals surface area contributed by atoms with Crippen molar-refractivity contribution in [3.8, 4) is 0 Å². The highest BCUT2D eigenvalue weighted by atomic mass is 15.0. The Morgan fingerprint density at radius 2 is 2.00 bits per heavy atom. The predicted octanol–water partition coefficient (Wildman–Crippen LogP) is 2.67. The zero-order valence-corrected chi connectivity index (χ0v) is 9.15. The lowest BCUT2D eigenvalue weighted by Crippen LogP contribution is -2.64. The van der Waals surface area contributed by atoms with E-state index in [2.05, 4.69) is 39.9 Å². The summed E-state index contributed by atoms with van der Waals surface area (Å²) in [7, 11) is 0. The molecule has 1 nitrogen and oxygen atoms in total. The van der Waals surface area contributed by atoms with Gasteiger partial charge in [0.05, 0.1) is 0 Å². The van der Waals surface area contributed by atoms with Crippen molar-refractivity contribution >= 4 is 0 Å². The third-order valence-electron chi connectivity index (χ3n) is 3.86. The number of hydrogen-bond acceptors (Lipinski definition) is 1. The zero-order chi connectivity index (χ0) is 9.35. The fraction of sp³-hybridized carbons (Fsp3) is 1.00. The summed E-state index contributed by atoms with van der Waals surface area (Å²) < 4.78 is 0. The molecule has 1 fully saturated rings. The van der Waals surface area contributed by atoms with Crippen LogP contribution in [-0.2, 0) is 0 Å². The van der Waals surface area contributed by atoms with Gasteiger partial charge in [-0.05, 0) is 23.7 Å². The lowest BCUT2D eigenvalue weighted by atomic mass is 9.66. The molecule has 0 bridgehead atoms. The van der Waals surface area contributed by atoms with Crippen molar-refractivity contribution < 1.29 is 0 Å². The molecule has 0 aromatic rings. The summed E-state index contributed by atoms with van der Waals surface area (Å²) in [5.74, 6) is 1.61. The van der Waals surface area contributed by atoms with Crippen molar-refractivity contribution in [1.82, 2.24) is 5.32 Å². The van der Waals surface area contributed by atoms with Crippen molar-refractivity contribution in [2.24, 2.45) is 17.3 Å². The molecule has 72 valence electrons. The Hall–Kier alpha value is -0.0400. The molecular weight excluding hydrogens is 146 g/mol. The van der Waals surface area contributed by atoms with Crippen molar-refractivity contribution in [2.45, 2.75) is 47.1 Å². The van der Waals surface area contributed by atoms with E-state index in [4.69, 9.17) is 0 Å². The summed E-state index contributed by atoms with van der Waals surface area (Å²) in [6, 6.07) is 0.752. The Balaban J connectivity index is 2.54. The largest absolute Gasteiger partial charge is 0.313 e. The third kappa shape index (κ3) is 1.52. The average molecular weight is 169 g/mol. The number of rotatable bonds is 3. The Labute approximate surface area is 76.9 Å². The van der Waals surface area contributed by atoms with Gasteiger partial charge in [0, 0.05) is 12.6 Å². The van der Waals surface area contributed by atoms with Gasteiger partial charge in [0.2, 0.25) is 0 Å². The molecule has 0 radical (unpaired) electrons. The van der Waals surface area contributed by atoms with E-state index in [0.29, 0.717) is 5.41 Å². The van der Waals surface area contributed by atoms with Crippen LogP contribution < -0.4 is 5.32 Å². The van der Waals surface area contributed by atoms with Gasteiger partial charge in [0.1, 0.15) is 0 Å². The number of nitrogens with one attached hydrogen (secondary N) is 1. The normalized spacial score (nSPS) is 38.0. The lowest BCUT2D eigenvalue weighted by molar-refractivity contribution is 0.0417. The molecule has 1 aliphatic heterocycles. The highest BCUT2D eigenvalue weighted by molar-refractivity contribution is 5.00. The summed E-state index contributed by atoms with van der Waals surface area (Å²) in [6.45, 7) is 12.9. The molecule has 12 heavy (non-hydrogen) atoms. The van der Waals surface area contributed by atoms with Gasteiger partial charge >= 0.3 is 0 Å². The first kappa shape index (κ1) is 10.0. The van der Waals surface area contributed by atoms with Crippen molar-refractivity contribution in [3.05, 3.63) is 0 Å². The van der Waals surface area contributed by atoms with Gasteiger partial charge in [-0.25, -0.2) is 0 Å². The quantitative estimate of drug-likeness (QED) is 0.685. The molecule has 0 spiro atoms. The van der Waals surface area contributed by atoms with Gasteiger partial charge in [-0.2, -0.15) is 0 Å². The fourth-order valence-electron chi connectivity index (χ4n) is 2.12. The standard InChI is InChI=1S/C11H23N/c1-6-11(5)7-12-10(11)9(4)8(2)3/h8-10,12H,6-7H2,1-5H3. The first-order valence-electron chi connectivity index (χ1n) is 5.24. The van der Waals surface area contributed by atoms with Crippen LogP contribution in [0.1, 0.15) is 41.0 Å². The molecule has 0 amide bonds. The van der Waals surface area contributed by atoms with E-state index in [1.807, 2.05) is 0 Å². The average Bonchev–Trinajstić information content (AvgIpc) is 2.01. The van der Waals surface area contributed by atoms with Crippen molar-refractivity contribution in [1.29, 1.82) is 0 Å². The number of hydrogen-bond donors (Lipinski definition) is 1. The first-order chi connectivity index (χ1) is 5.51. The molecular formula is C11H23N. The Morgan fingerprint density at radius 3 is 2.25 bits per heavy atom. The fourth-order valence-corrected chi connectivity index (χ4v) is 2.12. The molecule has 3 unspecified atom stereocenters. The maximum atomic E-state index is 3.57. The van der Waals surface area contributed by atoms with E-state index in [-0.39, 0.29) is 0 Å². The third-order valence-corrected chi connectivity index (χ3v) is 3.86. The summed E-state index contributed by atoms with van der Waals surface area (Å²) in [4.78, 5) is 0. The van der Waals surface area contributed by atoms with Crippen LogP contribution in [0.5, 0.6) is 0 Å². The van der Waals surface area contributed by atoms with Crippen molar-refractivity contribution in [2.75, 3.05) is 6.54 Å². The first-order valence-corrected chi connectivity index (χ1v) is 5.24. The van der Waals surface area contributed by atoms with E-state index in [9.17, 15) is 0 Å². The topological polar surface area (TPSA) is 12.0 Å². The van der Waals surface area contributed by atoms with Crippen LogP contribution in [0.15, 0.2) is 0 Å². The summed E-state index contributed by atoms with van der Waals surface area (Å²) in [5.41, 5.74) is 0.573. The second-order valence-corrected chi connectivity index (χ2v) is 4.97. The minimum absolute atomic E-state index is 0.573. The Bertz CT molecular complexity index is 149. The molecule has 0 aliphatic carbocycles. The molecule has 1 heteroatoms. The van der Waals surface area contributed by atoms with E-state index >= 15 is 0 Å². The molecule has 1 aliphatic rings. The molecule has 0 saturated carbocycles. The molecule has 3 atom stereocenters. The monoisotopic (exact) mass is 169 g/mol. The summed E-state index contributed by atoms with van der Waals surface area (Å²) in [6.07, 6.45) is 1.31. The molecule has 1 N–H and O–H groups in total. The van der Waals surface area contributed by atoms with Gasteiger partial charge in [-0.1, -0.05) is 34.6 Å². The highest BCUT2D eigenvalue weighted by Gasteiger charge is 2.44. The maximum Gasteiger partial charge on any atom is 0.0161 e. The van der Waals surface area contributed by atoms with Gasteiger partial charge in [0.15, 0.2) is 0 Å². The SMILES string of the molecule is CCC1(C)CNC1C(C)C(C)C. The van der Waals surface area contributed by atoms with Crippen LogP contribution in [0.25, 0.3) is 0 Å². The molecule has 0 aromatic heterocycles. The van der Waals surface area contributed by atoms with Gasteiger partial charge in [-0.3, -0.25) is 0 Å². The predicted molar refractivity (Wildman–Crippen MR) is 54.2 cm³/mol. The van der Waals surface area contributed by atoms with E-state index in [1.165, 1.54) is 13.0 Å². The van der Waals surface area contributed by atoms with Gasteiger partial charge in [0.25, 0.3) is 0 Å². The van der Waals surface area contributed by atoms with Crippen LogP contribution in [0, 0.1) is 17.3 Å². The zero-order valence-electron chi connectivity index (χ0n) is 9.15. The lowest BCUT2D eigenvalue weighted by Gasteiger charge is -2.52. The second-order valence-electron chi connectivity index (χ2n) is 4.97. The minimum atomic E-state index is 0.573. The molecule has 1 saturated heterocycles.